The highest BCUT2D eigenvalue weighted by atomic mass is 19.1. The number of rotatable bonds is 6. The summed E-state index contributed by atoms with van der Waals surface area (Å²) in [7, 11) is 0. The second-order valence-electron chi connectivity index (χ2n) is 8.47. The first-order chi connectivity index (χ1) is 13.3. The van der Waals surface area contributed by atoms with Gasteiger partial charge in [-0.2, -0.15) is 0 Å². The average Bonchev–Trinajstić information content (AvgIpc) is 3.11. The molecule has 0 saturated heterocycles. The zero-order valence-corrected chi connectivity index (χ0v) is 16.7. The maximum Gasteiger partial charge on any atom is 0.223 e. The summed E-state index contributed by atoms with van der Waals surface area (Å²) in [6.45, 7) is 7.01. The largest absolute Gasteiger partial charge is 0.390 e. The first-order valence-corrected chi connectivity index (χ1v) is 9.60. The van der Waals surface area contributed by atoms with Gasteiger partial charge in [-0.3, -0.25) is 4.79 Å². The van der Waals surface area contributed by atoms with Gasteiger partial charge in [0, 0.05) is 19.4 Å². The van der Waals surface area contributed by atoms with Crippen molar-refractivity contribution in [3.8, 4) is 0 Å². The lowest BCUT2D eigenvalue weighted by Gasteiger charge is -2.28. The molecule has 2 aromatic rings. The minimum absolute atomic E-state index is 0.0635. The monoisotopic (exact) mass is 382 g/mol. The molecule has 2 aromatic carbocycles. The van der Waals surface area contributed by atoms with Gasteiger partial charge in [-0.15, -0.1) is 0 Å². The molecule has 0 saturated carbocycles. The third-order valence-corrected chi connectivity index (χ3v) is 4.58. The van der Waals surface area contributed by atoms with E-state index in [1.807, 2.05) is 51.1 Å². The highest BCUT2D eigenvalue weighted by molar-refractivity contribution is 6.01. The number of benzene rings is 2. The van der Waals surface area contributed by atoms with Crippen LogP contribution in [0, 0.1) is 11.2 Å². The van der Waals surface area contributed by atoms with E-state index in [1.54, 1.807) is 17.0 Å². The summed E-state index contributed by atoms with van der Waals surface area (Å²) in [5.74, 6) is -0.218. The Morgan fingerprint density at radius 2 is 1.82 bits per heavy atom. The molecular formula is C23H27FN2O2. The topological polar surface area (TPSA) is 41.9 Å². The van der Waals surface area contributed by atoms with Crippen molar-refractivity contribution in [1.29, 1.82) is 0 Å². The second kappa shape index (κ2) is 8.55. The molecule has 1 aliphatic heterocycles. The summed E-state index contributed by atoms with van der Waals surface area (Å²) in [4.78, 5) is 20.3. The van der Waals surface area contributed by atoms with E-state index in [0.717, 1.165) is 16.8 Å². The van der Waals surface area contributed by atoms with Crippen molar-refractivity contribution in [2.45, 2.75) is 46.3 Å². The Labute approximate surface area is 166 Å². The molecule has 0 N–H and O–H groups in total. The Morgan fingerprint density at radius 1 is 1.14 bits per heavy atom. The van der Waals surface area contributed by atoms with Crippen LogP contribution in [-0.4, -0.2) is 29.2 Å². The van der Waals surface area contributed by atoms with Crippen LogP contribution >= 0.6 is 0 Å². The molecule has 148 valence electrons. The van der Waals surface area contributed by atoms with Crippen molar-refractivity contribution in [2.24, 2.45) is 10.6 Å². The quantitative estimate of drug-likeness (QED) is 0.721. The van der Waals surface area contributed by atoms with Crippen molar-refractivity contribution < 1.29 is 14.0 Å². The van der Waals surface area contributed by atoms with Crippen LogP contribution in [0.1, 0.15) is 44.7 Å². The van der Waals surface area contributed by atoms with Crippen molar-refractivity contribution in [1.82, 2.24) is 4.90 Å². The van der Waals surface area contributed by atoms with Gasteiger partial charge in [0.15, 0.2) is 6.10 Å². The number of nitrogens with zero attached hydrogens (tertiary/aromatic N) is 2. The maximum atomic E-state index is 13.2. The molecule has 3 rings (SSSR count). The van der Waals surface area contributed by atoms with E-state index >= 15 is 0 Å². The fraction of sp³-hybridized carbons (Fsp3) is 0.391. The molecule has 0 fully saturated rings. The Morgan fingerprint density at radius 3 is 2.46 bits per heavy atom. The van der Waals surface area contributed by atoms with Crippen LogP contribution in [0.3, 0.4) is 0 Å². The summed E-state index contributed by atoms with van der Waals surface area (Å²) in [6.07, 6.45) is 0.916. The van der Waals surface area contributed by atoms with Crippen molar-refractivity contribution in [3.05, 3.63) is 71.5 Å². The Balaban J connectivity index is 1.68. The molecule has 0 aliphatic carbocycles. The summed E-state index contributed by atoms with van der Waals surface area (Å²) in [6, 6.07) is 16.2. The standard InChI is InChI=1S/C23H27FN2O2/c1-23(2,3)14-22(27)26(15-17-9-11-19(24)12-10-17)16-20-13-21(25-28-20)18-7-5-4-6-8-18/h4-12,20H,13-16H2,1-3H3/t20-/m0/s1. The van der Waals surface area contributed by atoms with Gasteiger partial charge in [-0.05, 0) is 28.7 Å². The lowest BCUT2D eigenvalue weighted by atomic mass is 9.91. The average molecular weight is 382 g/mol. The smallest absolute Gasteiger partial charge is 0.223 e. The molecule has 5 heteroatoms. The third kappa shape index (κ3) is 5.65. The van der Waals surface area contributed by atoms with E-state index in [-0.39, 0.29) is 23.2 Å². The first kappa shape index (κ1) is 20.1. The van der Waals surface area contributed by atoms with Gasteiger partial charge in [0.05, 0.1) is 12.3 Å². The highest BCUT2D eigenvalue weighted by Crippen LogP contribution is 2.23. The number of halogens is 1. The fourth-order valence-corrected chi connectivity index (χ4v) is 3.20. The zero-order chi connectivity index (χ0) is 20.1. The van der Waals surface area contributed by atoms with Crippen LogP contribution in [-0.2, 0) is 16.2 Å². The molecule has 0 radical (unpaired) electrons. The van der Waals surface area contributed by atoms with Gasteiger partial charge in [0.2, 0.25) is 5.91 Å². The van der Waals surface area contributed by atoms with Crippen LogP contribution in [0.2, 0.25) is 0 Å². The van der Waals surface area contributed by atoms with Crippen LogP contribution in [0.5, 0.6) is 0 Å². The van der Waals surface area contributed by atoms with Gasteiger partial charge < -0.3 is 9.74 Å². The predicted octanol–water partition coefficient (Wildman–Crippen LogP) is 4.78. The number of carbonyl (C=O) groups is 1. The molecule has 1 atom stereocenters. The molecular weight excluding hydrogens is 355 g/mol. The number of carbonyl (C=O) groups excluding carboxylic acids is 1. The Bertz CT molecular complexity index is 826. The lowest BCUT2D eigenvalue weighted by molar-refractivity contribution is -0.135. The predicted molar refractivity (Wildman–Crippen MR) is 108 cm³/mol. The van der Waals surface area contributed by atoms with Gasteiger partial charge in [-0.25, -0.2) is 4.39 Å². The van der Waals surface area contributed by atoms with Crippen molar-refractivity contribution in [3.63, 3.8) is 0 Å². The fourth-order valence-electron chi connectivity index (χ4n) is 3.20. The summed E-state index contributed by atoms with van der Waals surface area (Å²) >= 11 is 0. The first-order valence-electron chi connectivity index (χ1n) is 9.60. The second-order valence-corrected chi connectivity index (χ2v) is 8.47. The van der Waals surface area contributed by atoms with Gasteiger partial charge in [0.25, 0.3) is 0 Å². The van der Waals surface area contributed by atoms with E-state index < -0.39 is 0 Å². The number of oxime groups is 1. The van der Waals surface area contributed by atoms with Gasteiger partial charge >= 0.3 is 0 Å². The maximum absolute atomic E-state index is 13.2. The molecule has 1 amide bonds. The van der Waals surface area contributed by atoms with E-state index in [9.17, 15) is 9.18 Å². The zero-order valence-electron chi connectivity index (χ0n) is 16.7. The van der Waals surface area contributed by atoms with Crippen LogP contribution in [0.25, 0.3) is 0 Å². The third-order valence-electron chi connectivity index (χ3n) is 4.58. The van der Waals surface area contributed by atoms with Crippen molar-refractivity contribution in [2.75, 3.05) is 6.54 Å². The molecule has 1 heterocycles. The summed E-state index contributed by atoms with van der Waals surface area (Å²) in [5.41, 5.74) is 2.72. The number of amides is 1. The SMILES string of the molecule is CC(C)(C)CC(=O)N(Cc1ccc(F)cc1)C[C@@H]1CC(c2ccccc2)=NO1. The number of hydrogen-bond acceptors (Lipinski definition) is 3. The molecule has 0 spiro atoms. The lowest BCUT2D eigenvalue weighted by Crippen LogP contribution is -2.38. The van der Waals surface area contributed by atoms with E-state index in [0.29, 0.717) is 25.9 Å². The van der Waals surface area contributed by atoms with E-state index in [2.05, 4.69) is 5.16 Å². The van der Waals surface area contributed by atoms with Crippen LogP contribution < -0.4 is 0 Å². The molecule has 0 bridgehead atoms. The highest BCUT2D eigenvalue weighted by Gasteiger charge is 2.28. The van der Waals surface area contributed by atoms with Crippen molar-refractivity contribution >= 4 is 11.6 Å². The van der Waals surface area contributed by atoms with Crippen LogP contribution in [0.4, 0.5) is 4.39 Å². The normalized spacial score (nSPS) is 16.4. The number of hydrogen-bond donors (Lipinski definition) is 0. The molecule has 0 aromatic heterocycles. The van der Waals surface area contributed by atoms with Gasteiger partial charge in [-0.1, -0.05) is 68.4 Å². The Hall–Kier alpha value is -2.69. The van der Waals surface area contributed by atoms with Gasteiger partial charge in [0.1, 0.15) is 5.82 Å². The molecule has 28 heavy (non-hydrogen) atoms. The van der Waals surface area contributed by atoms with Crippen LogP contribution in [0.15, 0.2) is 59.8 Å². The summed E-state index contributed by atoms with van der Waals surface area (Å²) in [5, 5.41) is 4.22. The van der Waals surface area contributed by atoms with E-state index in [1.165, 1.54) is 12.1 Å². The molecule has 1 aliphatic rings. The minimum Gasteiger partial charge on any atom is -0.390 e. The Kier molecular flexibility index (Phi) is 6.12. The molecule has 4 nitrogen and oxygen atoms in total. The van der Waals surface area contributed by atoms with E-state index in [4.69, 9.17) is 4.84 Å². The minimum atomic E-state index is -0.281. The molecule has 0 unspecified atom stereocenters. The summed E-state index contributed by atoms with van der Waals surface area (Å²) < 4.78 is 13.2.